The highest BCUT2D eigenvalue weighted by Gasteiger charge is 2.30. The van der Waals surface area contributed by atoms with Gasteiger partial charge in [-0.3, -0.25) is 0 Å². The zero-order valence-electron chi connectivity index (χ0n) is 10.8. The molecular weight excluding hydrogens is 288 g/mol. The van der Waals surface area contributed by atoms with E-state index in [9.17, 15) is 22.4 Å². The fraction of sp³-hybridized carbons (Fsp3) is 0.133. The average Bonchev–Trinajstić information content (AvgIpc) is 2.37. The van der Waals surface area contributed by atoms with Crippen LogP contribution >= 0.6 is 0 Å². The van der Waals surface area contributed by atoms with Crippen molar-refractivity contribution in [3.63, 3.8) is 0 Å². The Balaban J connectivity index is 2.62. The number of rotatable bonds is 2. The van der Waals surface area contributed by atoms with Gasteiger partial charge in [0, 0.05) is 0 Å². The zero-order chi connectivity index (χ0) is 15.8. The SMILES string of the molecule is Cc1cc(F)c(C(=O)O)cc1-c1cccc(C(F)(F)F)c1. The number of hydrogen-bond donors (Lipinski definition) is 1. The Morgan fingerprint density at radius 3 is 2.38 bits per heavy atom. The van der Waals surface area contributed by atoms with Gasteiger partial charge in [0.2, 0.25) is 0 Å². The second-order valence-electron chi connectivity index (χ2n) is 4.53. The van der Waals surface area contributed by atoms with Crippen molar-refractivity contribution in [2.75, 3.05) is 0 Å². The molecule has 0 bridgehead atoms. The minimum atomic E-state index is -4.50. The van der Waals surface area contributed by atoms with Crippen molar-refractivity contribution in [2.24, 2.45) is 0 Å². The number of halogens is 4. The molecule has 0 aromatic heterocycles. The molecule has 6 heteroatoms. The summed E-state index contributed by atoms with van der Waals surface area (Å²) >= 11 is 0. The van der Waals surface area contributed by atoms with Gasteiger partial charge in [0.15, 0.2) is 0 Å². The van der Waals surface area contributed by atoms with Gasteiger partial charge in [-0.1, -0.05) is 12.1 Å². The first kappa shape index (κ1) is 15.0. The predicted octanol–water partition coefficient (Wildman–Crippen LogP) is 4.52. The van der Waals surface area contributed by atoms with Crippen molar-refractivity contribution in [3.8, 4) is 11.1 Å². The lowest BCUT2D eigenvalue weighted by atomic mass is 9.96. The minimum Gasteiger partial charge on any atom is -0.478 e. The molecule has 0 fully saturated rings. The van der Waals surface area contributed by atoms with Crippen LogP contribution < -0.4 is 0 Å². The fourth-order valence-corrected chi connectivity index (χ4v) is 2.01. The normalized spacial score (nSPS) is 11.5. The molecule has 0 aliphatic carbocycles. The largest absolute Gasteiger partial charge is 0.478 e. The van der Waals surface area contributed by atoms with Crippen LogP contribution in [0.3, 0.4) is 0 Å². The molecule has 0 atom stereocenters. The average molecular weight is 298 g/mol. The van der Waals surface area contributed by atoms with Crippen LogP contribution in [0.4, 0.5) is 17.6 Å². The Morgan fingerprint density at radius 1 is 1.14 bits per heavy atom. The first-order valence-electron chi connectivity index (χ1n) is 5.91. The van der Waals surface area contributed by atoms with Crippen molar-refractivity contribution in [1.82, 2.24) is 0 Å². The third kappa shape index (κ3) is 3.04. The molecule has 2 nitrogen and oxygen atoms in total. The Hall–Kier alpha value is -2.37. The van der Waals surface area contributed by atoms with Crippen molar-refractivity contribution in [3.05, 3.63) is 58.9 Å². The van der Waals surface area contributed by atoms with Gasteiger partial charge in [0.25, 0.3) is 0 Å². The standard InChI is InChI=1S/C15H10F4O2/c1-8-5-13(16)12(14(20)21)7-11(8)9-3-2-4-10(6-9)15(17,18)19/h2-7H,1H3,(H,20,21). The quantitative estimate of drug-likeness (QED) is 0.828. The van der Waals surface area contributed by atoms with E-state index in [0.717, 1.165) is 24.3 Å². The third-order valence-electron chi connectivity index (χ3n) is 3.05. The van der Waals surface area contributed by atoms with Crippen LogP contribution in [0.5, 0.6) is 0 Å². The summed E-state index contributed by atoms with van der Waals surface area (Å²) in [7, 11) is 0. The number of carboxylic acid groups (broad SMARTS) is 1. The maximum atomic E-state index is 13.5. The van der Waals surface area contributed by atoms with E-state index < -0.39 is 29.1 Å². The van der Waals surface area contributed by atoms with Gasteiger partial charge in [-0.05, 0) is 47.9 Å². The van der Waals surface area contributed by atoms with E-state index in [1.165, 1.54) is 19.1 Å². The summed E-state index contributed by atoms with van der Waals surface area (Å²) < 4.78 is 51.6. The minimum absolute atomic E-state index is 0.185. The zero-order valence-corrected chi connectivity index (χ0v) is 10.8. The lowest BCUT2D eigenvalue weighted by Gasteiger charge is -2.12. The lowest BCUT2D eigenvalue weighted by Crippen LogP contribution is -2.05. The maximum Gasteiger partial charge on any atom is 0.416 e. The highest BCUT2D eigenvalue weighted by atomic mass is 19.4. The van der Waals surface area contributed by atoms with Gasteiger partial charge < -0.3 is 5.11 Å². The summed E-state index contributed by atoms with van der Waals surface area (Å²) in [6, 6.07) is 6.51. The molecule has 0 spiro atoms. The number of hydrogen-bond acceptors (Lipinski definition) is 1. The Morgan fingerprint density at radius 2 is 1.81 bits per heavy atom. The van der Waals surface area contributed by atoms with Gasteiger partial charge in [0.05, 0.1) is 11.1 Å². The van der Waals surface area contributed by atoms with E-state index in [-0.39, 0.29) is 11.1 Å². The fourth-order valence-electron chi connectivity index (χ4n) is 2.01. The molecule has 0 aliphatic heterocycles. The summed E-state index contributed by atoms with van der Waals surface area (Å²) in [6.07, 6.45) is -4.50. The van der Waals surface area contributed by atoms with E-state index in [1.807, 2.05) is 0 Å². The van der Waals surface area contributed by atoms with E-state index in [0.29, 0.717) is 5.56 Å². The molecule has 0 amide bonds. The second kappa shape index (κ2) is 5.20. The van der Waals surface area contributed by atoms with E-state index in [1.54, 1.807) is 0 Å². The third-order valence-corrected chi connectivity index (χ3v) is 3.05. The first-order valence-corrected chi connectivity index (χ1v) is 5.91. The number of benzene rings is 2. The molecule has 110 valence electrons. The molecule has 0 saturated heterocycles. The number of aryl methyl sites for hydroxylation is 1. The van der Waals surface area contributed by atoms with Gasteiger partial charge in [0.1, 0.15) is 5.82 Å². The molecule has 21 heavy (non-hydrogen) atoms. The summed E-state index contributed by atoms with van der Waals surface area (Å²) in [4.78, 5) is 10.9. The summed E-state index contributed by atoms with van der Waals surface area (Å²) in [5.74, 6) is -2.39. The van der Waals surface area contributed by atoms with Gasteiger partial charge >= 0.3 is 12.1 Å². The van der Waals surface area contributed by atoms with Crippen LogP contribution in [0.1, 0.15) is 21.5 Å². The van der Waals surface area contributed by atoms with E-state index in [2.05, 4.69) is 0 Å². The second-order valence-corrected chi connectivity index (χ2v) is 4.53. The number of carbonyl (C=O) groups is 1. The summed E-state index contributed by atoms with van der Waals surface area (Å²) in [6.45, 7) is 1.50. The molecule has 1 N–H and O–H groups in total. The van der Waals surface area contributed by atoms with Crippen molar-refractivity contribution >= 4 is 5.97 Å². The predicted molar refractivity (Wildman–Crippen MR) is 68.5 cm³/mol. The van der Waals surface area contributed by atoms with Crippen molar-refractivity contribution < 1.29 is 27.5 Å². The molecule has 2 aromatic carbocycles. The molecule has 0 saturated carbocycles. The van der Waals surface area contributed by atoms with Crippen LogP contribution in [0, 0.1) is 12.7 Å². The molecule has 2 rings (SSSR count). The molecule has 0 unspecified atom stereocenters. The molecular formula is C15H10F4O2. The van der Waals surface area contributed by atoms with Crippen LogP contribution in [-0.2, 0) is 6.18 Å². The molecule has 0 radical (unpaired) electrons. The van der Waals surface area contributed by atoms with Crippen molar-refractivity contribution in [1.29, 1.82) is 0 Å². The van der Waals surface area contributed by atoms with Crippen LogP contribution in [0.25, 0.3) is 11.1 Å². The highest BCUT2D eigenvalue weighted by molar-refractivity contribution is 5.90. The molecule has 0 heterocycles. The molecule has 2 aromatic rings. The van der Waals surface area contributed by atoms with Crippen LogP contribution in [0.15, 0.2) is 36.4 Å². The Bertz CT molecular complexity index is 705. The lowest BCUT2D eigenvalue weighted by molar-refractivity contribution is -0.137. The number of carboxylic acids is 1. The number of alkyl halides is 3. The van der Waals surface area contributed by atoms with E-state index in [4.69, 9.17) is 5.11 Å². The van der Waals surface area contributed by atoms with Crippen molar-refractivity contribution in [2.45, 2.75) is 13.1 Å². The highest BCUT2D eigenvalue weighted by Crippen LogP contribution is 2.33. The topological polar surface area (TPSA) is 37.3 Å². The van der Waals surface area contributed by atoms with Crippen LogP contribution in [-0.4, -0.2) is 11.1 Å². The van der Waals surface area contributed by atoms with Crippen LogP contribution in [0.2, 0.25) is 0 Å². The summed E-state index contributed by atoms with van der Waals surface area (Å²) in [5.41, 5.74) is -0.629. The monoisotopic (exact) mass is 298 g/mol. The summed E-state index contributed by atoms with van der Waals surface area (Å²) in [5, 5.41) is 8.89. The van der Waals surface area contributed by atoms with Gasteiger partial charge in [-0.25, -0.2) is 9.18 Å². The van der Waals surface area contributed by atoms with Gasteiger partial charge in [-0.15, -0.1) is 0 Å². The smallest absolute Gasteiger partial charge is 0.416 e. The van der Waals surface area contributed by atoms with E-state index >= 15 is 0 Å². The number of aromatic carboxylic acids is 1. The maximum absolute atomic E-state index is 13.5. The molecule has 0 aliphatic rings. The Labute approximate surface area is 117 Å². The Kier molecular flexibility index (Phi) is 3.72. The first-order chi connectivity index (χ1) is 9.70. The van der Waals surface area contributed by atoms with Gasteiger partial charge in [-0.2, -0.15) is 13.2 Å².